The molecule has 37 heavy (non-hydrogen) atoms. The predicted octanol–water partition coefficient (Wildman–Crippen LogP) is 3.22. The number of amides is 3. The SMILES string of the molecule is Cc1ccccc1C(C(=O)NC(C)C)N(CCO)C(=O)C(Cc1ccc(O)cc1)NC(=O)OC(C)(C)C. The van der Waals surface area contributed by atoms with Crippen LogP contribution in [0.3, 0.4) is 0 Å². The van der Waals surface area contributed by atoms with E-state index in [1.165, 1.54) is 17.0 Å². The molecule has 9 nitrogen and oxygen atoms in total. The molecule has 2 atom stereocenters. The molecule has 0 aromatic heterocycles. The van der Waals surface area contributed by atoms with Crippen molar-refractivity contribution in [3.63, 3.8) is 0 Å². The lowest BCUT2D eigenvalue weighted by molar-refractivity contribution is -0.143. The second-order valence-corrected chi connectivity index (χ2v) is 10.2. The number of benzene rings is 2. The zero-order valence-electron chi connectivity index (χ0n) is 22.4. The standard InChI is InChI=1S/C28H39N3O6/c1-18(2)29-25(34)24(22-10-8-7-9-19(22)3)31(15-16-32)26(35)23(30-27(36)37-28(4,5)6)17-20-11-13-21(33)14-12-20/h7-14,18,23-24,32-33H,15-17H2,1-6H3,(H,29,34)(H,30,36). The number of phenols is 1. The topological polar surface area (TPSA) is 128 Å². The molecule has 0 bridgehead atoms. The Morgan fingerprint density at radius 2 is 1.62 bits per heavy atom. The first-order chi connectivity index (χ1) is 17.3. The van der Waals surface area contributed by atoms with E-state index in [1.54, 1.807) is 45.0 Å². The van der Waals surface area contributed by atoms with E-state index in [4.69, 9.17) is 4.74 Å². The maximum atomic E-state index is 14.0. The molecule has 0 saturated carbocycles. The molecule has 0 spiro atoms. The number of aliphatic hydroxyl groups excluding tert-OH is 1. The molecule has 0 fully saturated rings. The number of alkyl carbamates (subject to hydrolysis) is 1. The molecule has 9 heteroatoms. The zero-order valence-corrected chi connectivity index (χ0v) is 22.4. The van der Waals surface area contributed by atoms with Gasteiger partial charge in [0, 0.05) is 19.0 Å². The predicted molar refractivity (Wildman–Crippen MR) is 141 cm³/mol. The summed E-state index contributed by atoms with van der Waals surface area (Å²) in [5.41, 5.74) is 1.30. The summed E-state index contributed by atoms with van der Waals surface area (Å²) in [4.78, 5) is 41.5. The number of carbonyl (C=O) groups excluding carboxylic acids is 3. The minimum atomic E-state index is -1.11. The maximum absolute atomic E-state index is 14.0. The molecule has 0 aliphatic carbocycles. The van der Waals surface area contributed by atoms with Crippen molar-refractivity contribution < 1.29 is 29.3 Å². The first kappa shape index (κ1) is 29.6. The molecule has 2 unspecified atom stereocenters. The number of aryl methyl sites for hydroxylation is 1. The van der Waals surface area contributed by atoms with Crippen molar-refractivity contribution in [2.75, 3.05) is 13.2 Å². The number of nitrogens with one attached hydrogen (secondary N) is 2. The highest BCUT2D eigenvalue weighted by Crippen LogP contribution is 2.26. The van der Waals surface area contributed by atoms with Crippen molar-refractivity contribution in [1.82, 2.24) is 15.5 Å². The van der Waals surface area contributed by atoms with Crippen molar-refractivity contribution >= 4 is 17.9 Å². The Bertz CT molecular complexity index is 1060. The Kier molecular flexibility index (Phi) is 10.5. The molecule has 0 saturated heterocycles. The molecule has 0 aliphatic rings. The summed E-state index contributed by atoms with van der Waals surface area (Å²) in [6.45, 7) is 10.1. The summed E-state index contributed by atoms with van der Waals surface area (Å²) >= 11 is 0. The molecule has 4 N–H and O–H groups in total. The molecular weight excluding hydrogens is 474 g/mol. The lowest BCUT2D eigenvalue weighted by Crippen LogP contribution is -2.55. The number of phenolic OH excluding ortho intramolecular Hbond substituents is 1. The lowest BCUT2D eigenvalue weighted by Gasteiger charge is -2.35. The van der Waals surface area contributed by atoms with E-state index in [0.29, 0.717) is 11.1 Å². The Morgan fingerprint density at radius 3 is 2.16 bits per heavy atom. The van der Waals surface area contributed by atoms with Crippen molar-refractivity contribution in [3.8, 4) is 5.75 Å². The number of aliphatic hydroxyl groups is 1. The number of hydrogen-bond acceptors (Lipinski definition) is 6. The fourth-order valence-corrected chi connectivity index (χ4v) is 3.90. The summed E-state index contributed by atoms with van der Waals surface area (Å²) in [5, 5.41) is 25.1. The Balaban J connectivity index is 2.53. The van der Waals surface area contributed by atoms with Gasteiger partial charge in [0.25, 0.3) is 0 Å². The number of ether oxygens (including phenoxy) is 1. The largest absolute Gasteiger partial charge is 0.508 e. The second-order valence-electron chi connectivity index (χ2n) is 10.2. The fraction of sp³-hybridized carbons (Fsp3) is 0.464. The van der Waals surface area contributed by atoms with E-state index >= 15 is 0 Å². The van der Waals surface area contributed by atoms with Crippen LogP contribution in [-0.4, -0.2) is 63.9 Å². The number of nitrogens with zero attached hydrogens (tertiary/aromatic N) is 1. The average molecular weight is 514 g/mol. The number of rotatable bonds is 10. The number of carbonyl (C=O) groups is 3. The van der Waals surface area contributed by atoms with Crippen LogP contribution in [0.5, 0.6) is 5.75 Å². The van der Waals surface area contributed by atoms with Crippen LogP contribution in [0.4, 0.5) is 4.79 Å². The molecule has 0 aliphatic heterocycles. The third kappa shape index (κ3) is 9.09. The maximum Gasteiger partial charge on any atom is 0.408 e. The van der Waals surface area contributed by atoms with Crippen LogP contribution in [-0.2, 0) is 20.7 Å². The van der Waals surface area contributed by atoms with Crippen LogP contribution in [0.2, 0.25) is 0 Å². The molecular formula is C28H39N3O6. The molecule has 0 radical (unpaired) electrons. The molecule has 2 aromatic carbocycles. The van der Waals surface area contributed by atoms with Gasteiger partial charge in [0.05, 0.1) is 6.61 Å². The first-order valence-corrected chi connectivity index (χ1v) is 12.4. The van der Waals surface area contributed by atoms with Crippen LogP contribution in [0.25, 0.3) is 0 Å². The van der Waals surface area contributed by atoms with Crippen LogP contribution in [0, 0.1) is 6.92 Å². The number of hydrogen-bond donors (Lipinski definition) is 4. The van der Waals surface area contributed by atoms with Crippen LogP contribution < -0.4 is 10.6 Å². The highest BCUT2D eigenvalue weighted by Gasteiger charge is 2.37. The van der Waals surface area contributed by atoms with Crippen molar-refractivity contribution in [1.29, 1.82) is 0 Å². The van der Waals surface area contributed by atoms with E-state index < -0.39 is 35.6 Å². The van der Waals surface area contributed by atoms with E-state index in [1.807, 2.05) is 32.9 Å². The summed E-state index contributed by atoms with van der Waals surface area (Å²) < 4.78 is 5.39. The zero-order chi connectivity index (χ0) is 27.8. The summed E-state index contributed by atoms with van der Waals surface area (Å²) in [5.74, 6) is -0.884. The third-order valence-corrected chi connectivity index (χ3v) is 5.46. The van der Waals surface area contributed by atoms with Gasteiger partial charge in [-0.2, -0.15) is 0 Å². The summed E-state index contributed by atoms with van der Waals surface area (Å²) in [7, 11) is 0. The summed E-state index contributed by atoms with van der Waals surface area (Å²) in [6.07, 6.45) is -0.709. The second kappa shape index (κ2) is 13.1. The third-order valence-electron chi connectivity index (χ3n) is 5.46. The van der Waals surface area contributed by atoms with E-state index in [0.717, 1.165) is 5.56 Å². The molecule has 202 valence electrons. The van der Waals surface area contributed by atoms with Gasteiger partial charge in [-0.05, 0) is 70.4 Å². The highest BCUT2D eigenvalue weighted by atomic mass is 16.6. The van der Waals surface area contributed by atoms with Crippen molar-refractivity contribution in [3.05, 3.63) is 65.2 Å². The van der Waals surface area contributed by atoms with Gasteiger partial charge in [0.1, 0.15) is 23.4 Å². The molecule has 2 rings (SSSR count). The monoisotopic (exact) mass is 513 g/mol. The minimum Gasteiger partial charge on any atom is -0.508 e. The Hall–Kier alpha value is -3.59. The Morgan fingerprint density at radius 1 is 1.00 bits per heavy atom. The van der Waals surface area contributed by atoms with Crippen LogP contribution in [0.15, 0.2) is 48.5 Å². The summed E-state index contributed by atoms with van der Waals surface area (Å²) in [6, 6.07) is 11.2. The van der Waals surface area contributed by atoms with Crippen molar-refractivity contribution in [2.24, 2.45) is 0 Å². The van der Waals surface area contributed by atoms with Crippen LogP contribution >= 0.6 is 0 Å². The van der Waals surface area contributed by atoms with Gasteiger partial charge in [0.2, 0.25) is 11.8 Å². The van der Waals surface area contributed by atoms with Gasteiger partial charge in [-0.3, -0.25) is 9.59 Å². The van der Waals surface area contributed by atoms with Gasteiger partial charge in [-0.15, -0.1) is 0 Å². The number of aromatic hydroxyl groups is 1. The van der Waals surface area contributed by atoms with Crippen LogP contribution in [0.1, 0.15) is 57.4 Å². The highest BCUT2D eigenvalue weighted by molar-refractivity contribution is 5.92. The lowest BCUT2D eigenvalue weighted by atomic mass is 9.97. The van der Waals surface area contributed by atoms with Gasteiger partial charge in [-0.1, -0.05) is 36.4 Å². The fourth-order valence-electron chi connectivity index (χ4n) is 3.90. The molecule has 0 heterocycles. The quantitative estimate of drug-likeness (QED) is 0.386. The van der Waals surface area contributed by atoms with Gasteiger partial charge < -0.3 is 30.5 Å². The van der Waals surface area contributed by atoms with E-state index in [9.17, 15) is 24.6 Å². The smallest absolute Gasteiger partial charge is 0.408 e. The average Bonchev–Trinajstić information content (AvgIpc) is 2.78. The minimum absolute atomic E-state index is 0.0682. The molecule has 2 aromatic rings. The molecule has 3 amide bonds. The van der Waals surface area contributed by atoms with Crippen molar-refractivity contribution in [2.45, 2.75) is 71.7 Å². The normalized spacial score (nSPS) is 13.0. The van der Waals surface area contributed by atoms with E-state index in [2.05, 4.69) is 10.6 Å². The first-order valence-electron chi connectivity index (χ1n) is 12.4. The Labute approximate surface area is 218 Å². The van der Waals surface area contributed by atoms with Gasteiger partial charge in [0.15, 0.2) is 0 Å². The van der Waals surface area contributed by atoms with Gasteiger partial charge in [-0.25, -0.2) is 4.79 Å². The van der Waals surface area contributed by atoms with Gasteiger partial charge >= 0.3 is 6.09 Å². The van der Waals surface area contributed by atoms with E-state index in [-0.39, 0.29) is 31.4 Å².